The number of anilines is 1. The first-order valence-corrected chi connectivity index (χ1v) is 11.8. The number of fused-ring (bicyclic) bond motifs is 2. The third-order valence-corrected chi connectivity index (χ3v) is 6.76. The number of carboxylic acid groups (broad SMARTS) is 1. The molecule has 3 N–H and O–H groups in total. The van der Waals surface area contributed by atoms with Crippen molar-refractivity contribution in [1.29, 1.82) is 0 Å². The zero-order valence-electron chi connectivity index (χ0n) is 20.1. The molecule has 0 saturated carbocycles. The lowest BCUT2D eigenvalue weighted by molar-refractivity contribution is -0.132. The Morgan fingerprint density at radius 1 is 1.08 bits per heavy atom. The van der Waals surface area contributed by atoms with Crippen LogP contribution in [0.5, 0.6) is 11.5 Å². The molecule has 1 aromatic heterocycles. The fraction of sp³-hybridized carbons (Fsp3) is 0.143. The van der Waals surface area contributed by atoms with Crippen LogP contribution in [0.1, 0.15) is 33.1 Å². The predicted molar refractivity (Wildman–Crippen MR) is 136 cm³/mol. The van der Waals surface area contributed by atoms with E-state index in [1.165, 1.54) is 30.2 Å². The number of carboxylic acids is 1. The van der Waals surface area contributed by atoms with Crippen molar-refractivity contribution >= 4 is 40.4 Å². The van der Waals surface area contributed by atoms with Gasteiger partial charge < -0.3 is 24.7 Å². The molecule has 2 aliphatic heterocycles. The maximum Gasteiger partial charge on any atom is 0.335 e. The lowest BCUT2D eigenvalue weighted by atomic mass is 9.94. The van der Waals surface area contributed by atoms with Gasteiger partial charge in [-0.3, -0.25) is 14.5 Å². The number of ketones is 1. The van der Waals surface area contributed by atoms with Crippen LogP contribution in [0, 0.1) is 0 Å². The number of carbonyl (C=O) groups excluding carboxylic acids is 2. The predicted octanol–water partition coefficient (Wildman–Crippen LogP) is 3.83. The molecule has 1 amide bonds. The Bertz CT molecular complexity index is 1690. The molecule has 1 saturated heterocycles. The number of hydrogen-bond acceptors (Lipinski definition) is 7. The zero-order valence-corrected chi connectivity index (χ0v) is 20.1. The summed E-state index contributed by atoms with van der Waals surface area (Å²) < 4.78 is 10.9. The maximum atomic E-state index is 13.5. The van der Waals surface area contributed by atoms with Gasteiger partial charge in [-0.25, -0.2) is 9.78 Å². The topological polar surface area (TPSA) is 142 Å². The number of methoxy groups -OCH3 is 1. The molecule has 1 unspecified atom stereocenters. The second kappa shape index (κ2) is 8.77. The fourth-order valence-corrected chi connectivity index (χ4v) is 4.91. The van der Waals surface area contributed by atoms with Crippen molar-refractivity contribution < 1.29 is 34.1 Å². The summed E-state index contributed by atoms with van der Waals surface area (Å²) in [5.74, 6) is -1.94. The van der Waals surface area contributed by atoms with Gasteiger partial charge in [-0.2, -0.15) is 0 Å². The van der Waals surface area contributed by atoms with Crippen molar-refractivity contribution in [1.82, 2.24) is 9.97 Å². The van der Waals surface area contributed by atoms with E-state index in [9.17, 15) is 24.6 Å². The van der Waals surface area contributed by atoms with Gasteiger partial charge in [-0.05, 0) is 59.7 Å². The van der Waals surface area contributed by atoms with Crippen LogP contribution in [0.15, 0.2) is 66.2 Å². The number of nitrogens with one attached hydrogen (secondary N) is 1. The highest BCUT2D eigenvalue weighted by atomic mass is 16.5. The Kier molecular flexibility index (Phi) is 5.37. The number of aliphatic hydroxyl groups excluding tert-OH is 1. The van der Waals surface area contributed by atoms with Gasteiger partial charge in [-0.1, -0.05) is 12.1 Å². The highest BCUT2D eigenvalue weighted by molar-refractivity contribution is 6.51. The van der Waals surface area contributed by atoms with Gasteiger partial charge >= 0.3 is 11.9 Å². The number of aromatic carboxylic acids is 1. The minimum Gasteiger partial charge on any atom is -0.507 e. The third kappa shape index (κ3) is 3.65. The Hall–Kier alpha value is -5.12. The van der Waals surface area contributed by atoms with Gasteiger partial charge in [-0.15, -0.1) is 0 Å². The number of ether oxygens (including phenoxy) is 2. The first-order valence-electron chi connectivity index (χ1n) is 11.8. The first kappa shape index (κ1) is 23.3. The molecule has 6 rings (SSSR count). The second-order valence-electron chi connectivity index (χ2n) is 8.96. The number of amides is 1. The van der Waals surface area contributed by atoms with Gasteiger partial charge in [0.1, 0.15) is 17.3 Å². The number of H-pyrrole nitrogens is 1. The van der Waals surface area contributed by atoms with E-state index in [0.717, 1.165) is 5.56 Å². The molecule has 10 heteroatoms. The van der Waals surface area contributed by atoms with Crippen LogP contribution in [0.2, 0.25) is 0 Å². The van der Waals surface area contributed by atoms with E-state index in [4.69, 9.17) is 9.47 Å². The van der Waals surface area contributed by atoms with E-state index >= 15 is 0 Å². The van der Waals surface area contributed by atoms with E-state index in [1.54, 1.807) is 42.5 Å². The Morgan fingerprint density at radius 2 is 1.89 bits per heavy atom. The molecule has 0 aliphatic carbocycles. The molecule has 0 spiro atoms. The van der Waals surface area contributed by atoms with Crippen molar-refractivity contribution in [3.8, 4) is 11.5 Å². The Balaban J connectivity index is 1.54. The number of benzene rings is 3. The van der Waals surface area contributed by atoms with Crippen LogP contribution >= 0.6 is 0 Å². The van der Waals surface area contributed by atoms with Crippen molar-refractivity contribution in [2.75, 3.05) is 18.6 Å². The van der Waals surface area contributed by atoms with Crippen molar-refractivity contribution in [3.05, 3.63) is 88.5 Å². The number of rotatable bonds is 5. The number of imidazole rings is 1. The minimum absolute atomic E-state index is 0.0406. The SMILES string of the molecule is COc1cccc(C2/C(=C(\O)c3ccc4c(c3)CCO4)C(=O)C(=O)N2c2nc3ccc(C(=O)O)cc3[nH]2)c1. The van der Waals surface area contributed by atoms with Crippen molar-refractivity contribution in [2.45, 2.75) is 12.5 Å². The van der Waals surface area contributed by atoms with Crippen LogP contribution in [0.25, 0.3) is 16.8 Å². The van der Waals surface area contributed by atoms with E-state index in [0.29, 0.717) is 46.7 Å². The van der Waals surface area contributed by atoms with E-state index in [1.807, 2.05) is 0 Å². The molecule has 4 aromatic rings. The summed E-state index contributed by atoms with van der Waals surface area (Å²) in [4.78, 5) is 46.9. The number of carbonyl (C=O) groups is 3. The largest absolute Gasteiger partial charge is 0.507 e. The van der Waals surface area contributed by atoms with E-state index < -0.39 is 23.7 Å². The lowest BCUT2D eigenvalue weighted by Gasteiger charge is -2.23. The van der Waals surface area contributed by atoms with Crippen LogP contribution in [0.4, 0.5) is 5.95 Å². The summed E-state index contributed by atoms with van der Waals surface area (Å²) in [5, 5.41) is 20.8. The minimum atomic E-state index is -1.11. The molecule has 0 radical (unpaired) electrons. The van der Waals surface area contributed by atoms with Crippen LogP contribution in [-0.4, -0.2) is 51.6 Å². The summed E-state index contributed by atoms with van der Waals surface area (Å²) in [6.07, 6.45) is 0.668. The molecular formula is C28H21N3O7. The fourth-order valence-electron chi connectivity index (χ4n) is 4.91. The standard InChI is InChI=1S/C28H21N3O7/c1-37-18-4-2-3-15(12-18)23-22(24(32)16-6-8-21-14(11-16)9-10-38-21)25(33)26(34)31(23)28-29-19-7-5-17(27(35)36)13-20(19)30-28/h2-8,11-13,23,32H,9-10H2,1H3,(H,29,30)(H,35,36)/b24-22+. The van der Waals surface area contributed by atoms with Gasteiger partial charge in [0.15, 0.2) is 0 Å². The molecule has 0 bridgehead atoms. The highest BCUT2D eigenvalue weighted by Crippen LogP contribution is 2.43. The summed E-state index contributed by atoms with van der Waals surface area (Å²) in [5.41, 5.74) is 2.53. The highest BCUT2D eigenvalue weighted by Gasteiger charge is 2.48. The molecule has 1 fully saturated rings. The monoisotopic (exact) mass is 511 g/mol. The molecule has 10 nitrogen and oxygen atoms in total. The average Bonchev–Trinajstić information content (AvgIpc) is 3.63. The first-order chi connectivity index (χ1) is 18.4. The van der Waals surface area contributed by atoms with Crippen molar-refractivity contribution in [2.24, 2.45) is 0 Å². The van der Waals surface area contributed by atoms with Gasteiger partial charge in [0, 0.05) is 12.0 Å². The average molecular weight is 511 g/mol. The van der Waals surface area contributed by atoms with Gasteiger partial charge in [0.05, 0.1) is 41.9 Å². The number of Topliss-reactive ketones (excluding diaryl/α,β-unsaturated/α-hetero) is 1. The molecule has 38 heavy (non-hydrogen) atoms. The molecule has 2 aliphatic rings. The van der Waals surface area contributed by atoms with Gasteiger partial charge in [0.2, 0.25) is 5.95 Å². The summed E-state index contributed by atoms with van der Waals surface area (Å²) in [6.45, 7) is 0.531. The summed E-state index contributed by atoms with van der Waals surface area (Å²) in [6, 6.07) is 15.3. The molecule has 1 atom stereocenters. The maximum absolute atomic E-state index is 13.5. The van der Waals surface area contributed by atoms with Crippen LogP contribution in [0.3, 0.4) is 0 Å². The van der Waals surface area contributed by atoms with Crippen LogP contribution < -0.4 is 14.4 Å². The normalized spacial score (nSPS) is 18.0. The Labute approximate surface area is 215 Å². The summed E-state index contributed by atoms with van der Waals surface area (Å²) >= 11 is 0. The molecular weight excluding hydrogens is 490 g/mol. The van der Waals surface area contributed by atoms with Gasteiger partial charge in [0.25, 0.3) is 5.78 Å². The summed E-state index contributed by atoms with van der Waals surface area (Å²) in [7, 11) is 1.50. The number of nitrogens with zero attached hydrogens (tertiary/aromatic N) is 2. The molecule has 3 aromatic carbocycles. The number of aliphatic hydroxyl groups is 1. The second-order valence-corrected chi connectivity index (χ2v) is 8.96. The van der Waals surface area contributed by atoms with Crippen molar-refractivity contribution in [3.63, 3.8) is 0 Å². The van der Waals surface area contributed by atoms with Crippen LogP contribution in [-0.2, 0) is 16.0 Å². The Morgan fingerprint density at radius 3 is 2.68 bits per heavy atom. The number of aromatic amines is 1. The molecule has 3 heterocycles. The van der Waals surface area contributed by atoms with E-state index in [2.05, 4.69) is 9.97 Å². The third-order valence-electron chi connectivity index (χ3n) is 6.76. The molecule has 190 valence electrons. The number of hydrogen-bond donors (Lipinski definition) is 3. The smallest absolute Gasteiger partial charge is 0.335 e. The lowest BCUT2D eigenvalue weighted by Crippen LogP contribution is -2.30. The quantitative estimate of drug-likeness (QED) is 0.209. The number of aromatic nitrogens is 2. The van der Waals surface area contributed by atoms with E-state index in [-0.39, 0.29) is 22.8 Å². The zero-order chi connectivity index (χ0) is 26.6.